The smallest absolute Gasteiger partial charge is 0.315 e. The molecule has 0 amide bonds. The van der Waals surface area contributed by atoms with Crippen molar-refractivity contribution in [3.8, 4) is 11.5 Å². The Morgan fingerprint density at radius 2 is 1.84 bits per heavy atom. The number of sulfonamides is 1. The summed E-state index contributed by atoms with van der Waals surface area (Å²) in [7, 11) is -3.11. The van der Waals surface area contributed by atoms with Gasteiger partial charge in [-0.25, -0.2) is 13.1 Å². The number of nitrogens with zero attached hydrogens (tertiary/aromatic N) is 2. The Labute approximate surface area is 148 Å². The number of aromatic nitrogens is 2. The van der Waals surface area contributed by atoms with Crippen LogP contribution in [0.3, 0.4) is 0 Å². The topological polar surface area (TPSA) is 97.1 Å². The van der Waals surface area contributed by atoms with Gasteiger partial charge in [0, 0.05) is 18.2 Å². The van der Waals surface area contributed by atoms with Crippen molar-refractivity contribution in [3.05, 3.63) is 30.3 Å². The second-order valence-corrected chi connectivity index (χ2v) is 8.44. The number of anilines is 1. The van der Waals surface area contributed by atoms with Crippen LogP contribution in [0.4, 0.5) is 6.01 Å². The number of hydrogen-bond acceptors (Lipinski definition) is 6. The molecule has 3 rings (SSSR count). The summed E-state index contributed by atoms with van der Waals surface area (Å²) >= 11 is 0. The maximum absolute atomic E-state index is 11.6. The van der Waals surface area contributed by atoms with Crippen LogP contribution in [0.25, 0.3) is 11.5 Å². The average Bonchev–Trinajstić information content (AvgIpc) is 3.11. The first-order chi connectivity index (χ1) is 12.1. The van der Waals surface area contributed by atoms with E-state index in [1.807, 2.05) is 30.3 Å². The number of hydrogen-bond donors (Lipinski definition) is 2. The van der Waals surface area contributed by atoms with Gasteiger partial charge in [0.05, 0.1) is 5.75 Å². The maximum atomic E-state index is 11.6. The molecule has 0 spiro atoms. The fourth-order valence-corrected chi connectivity index (χ4v) is 3.96. The third-order valence-electron chi connectivity index (χ3n) is 4.56. The molecule has 1 aromatic carbocycles. The first-order valence-electron chi connectivity index (χ1n) is 8.68. The van der Waals surface area contributed by atoms with Gasteiger partial charge in [0.2, 0.25) is 15.9 Å². The van der Waals surface area contributed by atoms with Crippen LogP contribution in [0, 0.1) is 5.92 Å². The van der Waals surface area contributed by atoms with Gasteiger partial charge in [-0.05, 0) is 50.7 Å². The predicted octanol–water partition coefficient (Wildman–Crippen LogP) is 2.65. The van der Waals surface area contributed by atoms with Crippen LogP contribution in [0.2, 0.25) is 0 Å². The molecule has 1 saturated carbocycles. The molecule has 1 fully saturated rings. The lowest BCUT2D eigenvalue weighted by atomic mass is 9.86. The van der Waals surface area contributed by atoms with Crippen molar-refractivity contribution >= 4 is 16.0 Å². The molecule has 1 aliphatic carbocycles. The highest BCUT2D eigenvalue weighted by atomic mass is 32.2. The minimum atomic E-state index is -3.11. The van der Waals surface area contributed by atoms with Crippen molar-refractivity contribution in [2.45, 2.75) is 38.6 Å². The second kappa shape index (κ2) is 7.97. The molecule has 0 bridgehead atoms. The first-order valence-corrected chi connectivity index (χ1v) is 10.3. The molecule has 0 unspecified atom stereocenters. The lowest BCUT2D eigenvalue weighted by Gasteiger charge is -2.28. The van der Waals surface area contributed by atoms with E-state index in [4.69, 9.17) is 4.42 Å². The van der Waals surface area contributed by atoms with E-state index in [0.717, 1.165) is 37.8 Å². The highest BCUT2D eigenvalue weighted by Crippen LogP contribution is 2.26. The summed E-state index contributed by atoms with van der Waals surface area (Å²) in [6, 6.07) is 10.1. The SMILES string of the molecule is CCS(=O)(=O)N[C@H]1CC[C@H](CNc2nnc(-c3ccccc3)o2)CC1. The van der Waals surface area contributed by atoms with E-state index in [1.54, 1.807) is 6.92 Å². The van der Waals surface area contributed by atoms with Crippen LogP contribution >= 0.6 is 0 Å². The molecule has 25 heavy (non-hydrogen) atoms. The summed E-state index contributed by atoms with van der Waals surface area (Å²) in [5.74, 6) is 1.12. The van der Waals surface area contributed by atoms with Gasteiger partial charge < -0.3 is 9.73 Å². The van der Waals surface area contributed by atoms with E-state index in [2.05, 4.69) is 20.2 Å². The monoisotopic (exact) mass is 364 g/mol. The summed E-state index contributed by atoms with van der Waals surface area (Å²) in [6.07, 6.45) is 3.68. The Morgan fingerprint density at radius 3 is 2.52 bits per heavy atom. The molecular weight excluding hydrogens is 340 g/mol. The quantitative estimate of drug-likeness (QED) is 0.784. The lowest BCUT2D eigenvalue weighted by molar-refractivity contribution is 0.322. The normalized spacial score (nSPS) is 21.2. The van der Waals surface area contributed by atoms with Gasteiger partial charge in [-0.3, -0.25) is 0 Å². The summed E-state index contributed by atoms with van der Waals surface area (Å²) < 4.78 is 31.7. The van der Waals surface area contributed by atoms with Crippen molar-refractivity contribution in [2.24, 2.45) is 5.92 Å². The van der Waals surface area contributed by atoms with Crippen LogP contribution in [-0.2, 0) is 10.0 Å². The second-order valence-electron chi connectivity index (χ2n) is 6.40. The Hall–Kier alpha value is -1.93. The van der Waals surface area contributed by atoms with Gasteiger partial charge in [-0.1, -0.05) is 23.3 Å². The van der Waals surface area contributed by atoms with Gasteiger partial charge in [-0.2, -0.15) is 0 Å². The van der Waals surface area contributed by atoms with Gasteiger partial charge in [0.15, 0.2) is 0 Å². The van der Waals surface area contributed by atoms with Crippen LogP contribution in [-0.4, -0.2) is 37.0 Å². The molecule has 0 saturated heterocycles. The zero-order valence-corrected chi connectivity index (χ0v) is 15.1. The van der Waals surface area contributed by atoms with E-state index >= 15 is 0 Å². The van der Waals surface area contributed by atoms with Gasteiger partial charge >= 0.3 is 6.01 Å². The number of benzene rings is 1. The average molecular weight is 364 g/mol. The van der Waals surface area contributed by atoms with Crippen molar-refractivity contribution in [3.63, 3.8) is 0 Å². The Kier molecular flexibility index (Phi) is 5.70. The predicted molar refractivity (Wildman–Crippen MR) is 96.6 cm³/mol. The molecule has 0 radical (unpaired) electrons. The Balaban J connectivity index is 1.45. The summed E-state index contributed by atoms with van der Waals surface area (Å²) in [4.78, 5) is 0. The summed E-state index contributed by atoms with van der Waals surface area (Å²) in [6.45, 7) is 2.41. The van der Waals surface area contributed by atoms with E-state index in [1.165, 1.54) is 0 Å². The van der Waals surface area contributed by atoms with E-state index in [9.17, 15) is 8.42 Å². The zero-order valence-electron chi connectivity index (χ0n) is 14.3. The number of rotatable bonds is 7. The van der Waals surface area contributed by atoms with E-state index in [-0.39, 0.29) is 11.8 Å². The third kappa shape index (κ3) is 5.02. The van der Waals surface area contributed by atoms with Crippen LogP contribution in [0.1, 0.15) is 32.6 Å². The standard InChI is InChI=1S/C17H24N4O3S/c1-2-25(22,23)21-15-10-8-13(9-11-15)12-18-17-20-19-16(24-17)14-6-4-3-5-7-14/h3-7,13,15,21H,2,8-12H2,1H3,(H,18,20)/t13-,15-. The highest BCUT2D eigenvalue weighted by Gasteiger charge is 2.24. The van der Waals surface area contributed by atoms with Crippen molar-refractivity contribution in [2.75, 3.05) is 17.6 Å². The fraction of sp³-hybridized carbons (Fsp3) is 0.529. The number of nitrogens with one attached hydrogen (secondary N) is 2. The molecule has 1 heterocycles. The minimum absolute atomic E-state index is 0.0642. The molecule has 1 aromatic heterocycles. The van der Waals surface area contributed by atoms with Crippen LogP contribution in [0.5, 0.6) is 0 Å². The molecule has 2 N–H and O–H groups in total. The van der Waals surface area contributed by atoms with Crippen LogP contribution < -0.4 is 10.0 Å². The van der Waals surface area contributed by atoms with Crippen molar-refractivity contribution in [1.29, 1.82) is 0 Å². The van der Waals surface area contributed by atoms with Crippen molar-refractivity contribution < 1.29 is 12.8 Å². The molecule has 8 heteroatoms. The van der Waals surface area contributed by atoms with Crippen molar-refractivity contribution in [1.82, 2.24) is 14.9 Å². The largest absolute Gasteiger partial charge is 0.403 e. The fourth-order valence-electron chi connectivity index (χ4n) is 3.05. The highest BCUT2D eigenvalue weighted by molar-refractivity contribution is 7.89. The van der Waals surface area contributed by atoms with E-state index in [0.29, 0.717) is 17.8 Å². The Morgan fingerprint density at radius 1 is 1.12 bits per heavy atom. The first kappa shape index (κ1) is 17.9. The minimum Gasteiger partial charge on any atom is -0.403 e. The molecular formula is C17H24N4O3S. The van der Waals surface area contributed by atoms with E-state index < -0.39 is 10.0 Å². The molecule has 136 valence electrons. The zero-order chi connectivity index (χ0) is 17.7. The molecule has 2 aromatic rings. The van der Waals surface area contributed by atoms with Gasteiger partial charge in [0.1, 0.15) is 0 Å². The molecule has 0 aliphatic heterocycles. The molecule has 1 aliphatic rings. The van der Waals surface area contributed by atoms with Gasteiger partial charge in [0.25, 0.3) is 0 Å². The third-order valence-corrected chi connectivity index (χ3v) is 6.01. The molecule has 0 atom stereocenters. The Bertz CT molecular complexity index is 768. The summed E-state index contributed by atoms with van der Waals surface area (Å²) in [5.41, 5.74) is 0.895. The maximum Gasteiger partial charge on any atom is 0.315 e. The lowest BCUT2D eigenvalue weighted by Crippen LogP contribution is -2.39. The molecule has 7 nitrogen and oxygen atoms in total. The summed E-state index contributed by atoms with van der Waals surface area (Å²) in [5, 5.41) is 11.3. The van der Waals surface area contributed by atoms with Crippen LogP contribution in [0.15, 0.2) is 34.7 Å². The van der Waals surface area contributed by atoms with Gasteiger partial charge in [-0.15, -0.1) is 5.10 Å².